The predicted octanol–water partition coefficient (Wildman–Crippen LogP) is 6.38. The lowest BCUT2D eigenvalue weighted by molar-refractivity contribution is -0.133. The predicted molar refractivity (Wildman–Crippen MR) is 132 cm³/mol. The van der Waals surface area contributed by atoms with Crippen molar-refractivity contribution >= 4 is 29.4 Å². The van der Waals surface area contributed by atoms with Crippen LogP contribution >= 0.6 is 0 Å². The molecule has 0 N–H and O–H groups in total. The number of hydrogen-bond acceptors (Lipinski definition) is 2. The maximum Gasteiger partial charge on any atom is 0.223 e. The van der Waals surface area contributed by atoms with Gasteiger partial charge >= 0.3 is 0 Å². The van der Waals surface area contributed by atoms with Crippen LogP contribution in [0.5, 0.6) is 0 Å². The minimum Gasteiger partial charge on any atom is -0.342 e. The highest BCUT2D eigenvalue weighted by Gasteiger charge is 2.25. The highest BCUT2D eigenvalue weighted by molar-refractivity contribution is 5.95. The van der Waals surface area contributed by atoms with Gasteiger partial charge in [0.25, 0.3) is 0 Å². The van der Waals surface area contributed by atoms with E-state index in [2.05, 4.69) is 81.5 Å². The van der Waals surface area contributed by atoms with Gasteiger partial charge in [0, 0.05) is 32.4 Å². The molecule has 1 amide bonds. The molecule has 0 saturated carbocycles. The van der Waals surface area contributed by atoms with E-state index in [9.17, 15) is 9.59 Å². The number of fused-ring (bicyclic) bond motifs is 2. The Bertz CT molecular complexity index is 1020. The average Bonchev–Trinajstić information content (AvgIpc) is 2.93. The summed E-state index contributed by atoms with van der Waals surface area (Å²) >= 11 is 0. The van der Waals surface area contributed by atoms with Crippen LogP contribution in [0.4, 0.5) is 0 Å². The molecule has 166 valence electrons. The van der Waals surface area contributed by atoms with Crippen LogP contribution in [0.3, 0.4) is 0 Å². The van der Waals surface area contributed by atoms with E-state index in [4.69, 9.17) is 0 Å². The summed E-state index contributed by atoms with van der Waals surface area (Å²) in [5.74, 6) is 0.296. The van der Waals surface area contributed by atoms with Gasteiger partial charge in [0.05, 0.1) is 0 Å². The van der Waals surface area contributed by atoms with Crippen LogP contribution < -0.4 is 0 Å². The molecule has 1 heterocycles. The van der Waals surface area contributed by atoms with Gasteiger partial charge in [-0.3, -0.25) is 9.59 Å². The molecule has 0 radical (unpaired) electrons. The molecule has 0 bridgehead atoms. The van der Waals surface area contributed by atoms with Gasteiger partial charge in [-0.15, -0.1) is 0 Å². The number of carbonyl (C=O) groups excluding carboxylic acids is 2. The maximum atomic E-state index is 12.8. The molecule has 3 heteroatoms. The molecule has 1 aliphatic carbocycles. The summed E-state index contributed by atoms with van der Waals surface area (Å²) in [5.41, 5.74) is 7.75. The number of Topliss-reactive ketones (excluding diaryl/α,β-unsaturated/α-hetero) is 1. The number of nitrogens with zero attached hydrogens (tertiary/aromatic N) is 1. The number of ketones is 1. The highest BCUT2D eigenvalue weighted by Crippen LogP contribution is 2.38. The fourth-order valence-corrected chi connectivity index (χ4v) is 4.81. The SMILES string of the molecule is CC(C)(C)CC(=O)CCC(=O)N1CCC(=C2c3ccccc3C=Cc3ccccc32)CC1. The summed E-state index contributed by atoms with van der Waals surface area (Å²) in [6, 6.07) is 17.2. The molecule has 1 fully saturated rings. The molecular formula is C29H33NO2. The Morgan fingerprint density at radius 2 is 1.34 bits per heavy atom. The van der Waals surface area contributed by atoms with Crippen LogP contribution in [0.2, 0.25) is 0 Å². The van der Waals surface area contributed by atoms with Gasteiger partial charge in [0.15, 0.2) is 0 Å². The Hall–Kier alpha value is -2.94. The average molecular weight is 428 g/mol. The third-order valence-electron chi connectivity index (χ3n) is 6.32. The van der Waals surface area contributed by atoms with Crippen LogP contribution in [0.15, 0.2) is 54.1 Å². The summed E-state index contributed by atoms with van der Waals surface area (Å²) in [4.78, 5) is 26.9. The van der Waals surface area contributed by atoms with Gasteiger partial charge in [-0.05, 0) is 46.1 Å². The van der Waals surface area contributed by atoms with Crippen LogP contribution in [0, 0.1) is 5.41 Å². The van der Waals surface area contributed by atoms with Gasteiger partial charge in [0.2, 0.25) is 5.91 Å². The minimum atomic E-state index is -0.0213. The Balaban J connectivity index is 1.50. The van der Waals surface area contributed by atoms with E-state index in [1.54, 1.807) is 0 Å². The third kappa shape index (κ3) is 5.09. The smallest absolute Gasteiger partial charge is 0.223 e. The zero-order valence-electron chi connectivity index (χ0n) is 19.5. The van der Waals surface area contributed by atoms with E-state index >= 15 is 0 Å². The van der Waals surface area contributed by atoms with Gasteiger partial charge in [-0.2, -0.15) is 0 Å². The summed E-state index contributed by atoms with van der Waals surface area (Å²) in [7, 11) is 0. The molecule has 1 aliphatic heterocycles. The van der Waals surface area contributed by atoms with Gasteiger partial charge < -0.3 is 4.90 Å². The third-order valence-corrected chi connectivity index (χ3v) is 6.32. The first kappa shape index (κ1) is 22.3. The molecule has 3 nitrogen and oxygen atoms in total. The van der Waals surface area contributed by atoms with Crippen molar-refractivity contribution in [2.24, 2.45) is 5.41 Å². The van der Waals surface area contributed by atoms with Crippen LogP contribution in [0.25, 0.3) is 17.7 Å². The Morgan fingerprint density at radius 1 is 0.812 bits per heavy atom. The van der Waals surface area contributed by atoms with Crippen molar-refractivity contribution in [1.82, 2.24) is 4.90 Å². The number of amides is 1. The number of rotatable bonds is 4. The van der Waals surface area contributed by atoms with Crippen LogP contribution in [0.1, 0.15) is 75.1 Å². The molecule has 2 aromatic carbocycles. The fourth-order valence-electron chi connectivity index (χ4n) is 4.81. The lowest BCUT2D eigenvalue weighted by Crippen LogP contribution is -2.36. The molecule has 2 aliphatic rings. The van der Waals surface area contributed by atoms with Gasteiger partial charge in [0.1, 0.15) is 5.78 Å². The van der Waals surface area contributed by atoms with Crippen molar-refractivity contribution in [3.05, 3.63) is 76.4 Å². The minimum absolute atomic E-state index is 0.0213. The molecule has 32 heavy (non-hydrogen) atoms. The normalized spacial score (nSPS) is 15.8. The Kier molecular flexibility index (Phi) is 6.45. The van der Waals surface area contributed by atoms with Gasteiger partial charge in [-0.25, -0.2) is 0 Å². The number of piperidine rings is 1. The van der Waals surface area contributed by atoms with Crippen molar-refractivity contribution < 1.29 is 9.59 Å². The van der Waals surface area contributed by atoms with Crippen molar-refractivity contribution in [1.29, 1.82) is 0 Å². The number of benzene rings is 2. The topological polar surface area (TPSA) is 37.4 Å². The first-order chi connectivity index (χ1) is 15.3. The van der Waals surface area contributed by atoms with Crippen molar-refractivity contribution in [2.45, 2.75) is 52.9 Å². The molecule has 2 aromatic rings. The maximum absolute atomic E-state index is 12.8. The van der Waals surface area contributed by atoms with Crippen LogP contribution in [-0.4, -0.2) is 29.7 Å². The van der Waals surface area contributed by atoms with Crippen LogP contribution in [-0.2, 0) is 9.59 Å². The Labute approximate surface area is 191 Å². The van der Waals surface area contributed by atoms with E-state index in [1.807, 2.05) is 4.90 Å². The van der Waals surface area contributed by atoms with E-state index in [0.29, 0.717) is 19.3 Å². The number of carbonyl (C=O) groups is 2. The zero-order chi connectivity index (χ0) is 22.7. The largest absolute Gasteiger partial charge is 0.342 e. The summed E-state index contributed by atoms with van der Waals surface area (Å²) < 4.78 is 0. The van der Waals surface area contributed by atoms with E-state index in [-0.39, 0.29) is 17.1 Å². The van der Waals surface area contributed by atoms with Gasteiger partial charge in [-0.1, -0.05) is 87.0 Å². The van der Waals surface area contributed by atoms with E-state index in [1.165, 1.54) is 33.4 Å². The molecule has 4 rings (SSSR count). The molecule has 0 atom stereocenters. The summed E-state index contributed by atoms with van der Waals surface area (Å²) in [5, 5.41) is 0. The molecule has 0 unspecified atom stereocenters. The fraction of sp³-hybridized carbons (Fsp3) is 0.379. The molecule has 0 spiro atoms. The van der Waals surface area contributed by atoms with Crippen molar-refractivity contribution in [3.8, 4) is 0 Å². The first-order valence-corrected chi connectivity index (χ1v) is 11.7. The van der Waals surface area contributed by atoms with Crippen molar-refractivity contribution in [2.75, 3.05) is 13.1 Å². The first-order valence-electron chi connectivity index (χ1n) is 11.7. The molecule has 1 saturated heterocycles. The lowest BCUT2D eigenvalue weighted by atomic mass is 9.86. The second-order valence-corrected chi connectivity index (χ2v) is 10.1. The van der Waals surface area contributed by atoms with E-state index < -0.39 is 0 Å². The zero-order valence-corrected chi connectivity index (χ0v) is 19.5. The Morgan fingerprint density at radius 3 is 1.88 bits per heavy atom. The van der Waals surface area contributed by atoms with Crippen molar-refractivity contribution in [3.63, 3.8) is 0 Å². The number of likely N-dealkylation sites (tertiary alicyclic amines) is 1. The second kappa shape index (κ2) is 9.28. The molecular weight excluding hydrogens is 394 g/mol. The lowest BCUT2D eigenvalue weighted by Gasteiger charge is -2.31. The molecule has 0 aromatic heterocycles. The van der Waals surface area contributed by atoms with E-state index in [0.717, 1.165) is 25.9 Å². The second-order valence-electron chi connectivity index (χ2n) is 10.1. The standard InChI is InChI=1S/C29H33NO2/c1-29(2,3)20-24(31)14-15-27(32)30-18-16-23(17-19-30)28-25-10-6-4-8-21(25)12-13-22-9-5-7-11-26(22)28/h4-13H,14-20H2,1-3H3. The monoisotopic (exact) mass is 427 g/mol. The summed E-state index contributed by atoms with van der Waals surface area (Å²) in [6.45, 7) is 7.63. The highest BCUT2D eigenvalue weighted by atomic mass is 16.2. The quantitative estimate of drug-likeness (QED) is 0.484. The number of hydrogen-bond donors (Lipinski definition) is 0. The summed E-state index contributed by atoms with van der Waals surface area (Å²) in [6.07, 6.45) is 7.37.